The molecule has 1 rings (SSSR count). The summed E-state index contributed by atoms with van der Waals surface area (Å²) in [7, 11) is 0. The predicted molar refractivity (Wildman–Crippen MR) is 57.4 cm³/mol. The van der Waals surface area contributed by atoms with Crippen LogP contribution in [0, 0.1) is 0 Å². The summed E-state index contributed by atoms with van der Waals surface area (Å²) in [4.78, 5) is 0. The molecule has 0 aliphatic carbocycles. The average molecular weight is 239 g/mol. The van der Waals surface area contributed by atoms with Crippen LogP contribution in [0.25, 0.3) is 0 Å². The summed E-state index contributed by atoms with van der Waals surface area (Å²) in [5.41, 5.74) is 0. The van der Waals surface area contributed by atoms with E-state index in [-0.39, 0.29) is 11.4 Å². The number of thioether (sulfide) groups is 1. The van der Waals surface area contributed by atoms with Gasteiger partial charge in [-0.15, -0.1) is 22.0 Å². The number of halogens is 1. The largest absolute Gasteiger partial charge is 0.392 e. The van der Waals surface area contributed by atoms with Gasteiger partial charge in [-0.1, -0.05) is 18.3 Å². The van der Waals surface area contributed by atoms with Gasteiger partial charge in [-0.2, -0.15) is 0 Å². The molecule has 0 bridgehead atoms. The normalized spacial score (nSPS) is 15.7. The Morgan fingerprint density at radius 3 is 2.69 bits per heavy atom. The lowest BCUT2D eigenvalue weighted by molar-refractivity contribution is 0.196. The molecule has 74 valence electrons. The van der Waals surface area contributed by atoms with E-state index in [1.54, 1.807) is 18.7 Å². The van der Waals surface area contributed by atoms with Crippen molar-refractivity contribution in [2.24, 2.45) is 0 Å². The van der Waals surface area contributed by atoms with Gasteiger partial charge in [0, 0.05) is 11.0 Å². The van der Waals surface area contributed by atoms with Crippen molar-refractivity contribution >= 4 is 34.7 Å². The fourth-order valence-electron chi connectivity index (χ4n) is 0.633. The number of hydrogen-bond donors (Lipinski definition) is 1. The number of aromatic nitrogens is 2. The molecule has 0 aliphatic rings. The Kier molecular flexibility index (Phi) is 4.45. The summed E-state index contributed by atoms with van der Waals surface area (Å²) in [6, 6.07) is 0. The summed E-state index contributed by atoms with van der Waals surface area (Å²) >= 11 is 8.66. The molecule has 0 aromatic carbocycles. The molecule has 1 heterocycles. The highest BCUT2D eigenvalue weighted by Gasteiger charge is 2.10. The first-order valence-corrected chi connectivity index (χ1v) is 6.11. The van der Waals surface area contributed by atoms with Gasteiger partial charge >= 0.3 is 0 Å². The van der Waals surface area contributed by atoms with Crippen molar-refractivity contribution in [2.75, 3.05) is 0 Å². The van der Waals surface area contributed by atoms with E-state index >= 15 is 0 Å². The Bertz CT molecular complexity index is 267. The highest BCUT2D eigenvalue weighted by molar-refractivity contribution is 7.99. The Morgan fingerprint density at radius 2 is 2.23 bits per heavy atom. The zero-order valence-corrected chi connectivity index (χ0v) is 9.79. The lowest BCUT2D eigenvalue weighted by Crippen LogP contribution is -2.15. The number of aliphatic hydroxyl groups excluding tert-OH is 1. The van der Waals surface area contributed by atoms with E-state index in [1.807, 2.05) is 6.92 Å². The molecule has 6 heteroatoms. The molecule has 1 aromatic heterocycles. The first kappa shape index (κ1) is 11.2. The van der Waals surface area contributed by atoms with Crippen molar-refractivity contribution in [2.45, 2.75) is 31.0 Å². The van der Waals surface area contributed by atoms with Crippen LogP contribution in [-0.4, -0.2) is 26.7 Å². The van der Waals surface area contributed by atoms with E-state index in [4.69, 9.17) is 11.6 Å². The van der Waals surface area contributed by atoms with Gasteiger partial charge in [0.2, 0.25) is 4.47 Å². The summed E-state index contributed by atoms with van der Waals surface area (Å²) in [6.45, 7) is 3.77. The standard InChI is InChI=1S/C7H11ClN2OS2/c1-4(11)5(2)12-3-6-9-10-7(8)13-6/h4-5,11H,3H2,1-2H3. The zero-order valence-electron chi connectivity index (χ0n) is 7.40. The Labute approximate surface area is 90.5 Å². The molecule has 1 aromatic rings. The second-order valence-corrected chi connectivity index (χ2v) is 5.72. The molecule has 0 saturated heterocycles. The number of hydrogen-bond acceptors (Lipinski definition) is 5. The molecular weight excluding hydrogens is 228 g/mol. The third kappa shape index (κ3) is 3.81. The SMILES string of the molecule is CC(O)C(C)SCc1nnc(Cl)s1. The first-order valence-electron chi connectivity index (χ1n) is 3.87. The van der Waals surface area contributed by atoms with Crippen LogP contribution in [0.2, 0.25) is 4.47 Å². The average Bonchev–Trinajstić information content (AvgIpc) is 2.47. The molecule has 3 nitrogen and oxygen atoms in total. The fourth-order valence-corrected chi connectivity index (χ4v) is 2.48. The predicted octanol–water partition coefficient (Wildman–Crippen LogP) is 2.19. The molecule has 0 radical (unpaired) electrons. The molecule has 0 amide bonds. The minimum atomic E-state index is -0.298. The molecule has 13 heavy (non-hydrogen) atoms. The Balaban J connectivity index is 2.35. The van der Waals surface area contributed by atoms with Gasteiger partial charge in [-0.3, -0.25) is 0 Å². The molecule has 0 aliphatic heterocycles. The highest BCUT2D eigenvalue weighted by Crippen LogP contribution is 2.23. The second kappa shape index (κ2) is 5.14. The molecule has 2 unspecified atom stereocenters. The molecule has 0 spiro atoms. The van der Waals surface area contributed by atoms with Crippen LogP contribution in [0.5, 0.6) is 0 Å². The molecule has 1 N–H and O–H groups in total. The number of nitrogens with zero attached hydrogens (tertiary/aromatic N) is 2. The third-order valence-electron chi connectivity index (χ3n) is 1.59. The minimum absolute atomic E-state index is 0.211. The van der Waals surface area contributed by atoms with Gasteiger partial charge in [-0.25, -0.2) is 0 Å². The summed E-state index contributed by atoms with van der Waals surface area (Å²) < 4.78 is 0.473. The fraction of sp³-hybridized carbons (Fsp3) is 0.714. The van der Waals surface area contributed by atoms with Crippen LogP contribution in [0.15, 0.2) is 0 Å². The molecule has 2 atom stereocenters. The van der Waals surface area contributed by atoms with Crippen LogP contribution in [0.1, 0.15) is 18.9 Å². The van der Waals surface area contributed by atoms with Crippen molar-refractivity contribution in [3.8, 4) is 0 Å². The van der Waals surface area contributed by atoms with Crippen LogP contribution < -0.4 is 0 Å². The monoisotopic (exact) mass is 238 g/mol. The quantitative estimate of drug-likeness (QED) is 0.874. The maximum Gasteiger partial charge on any atom is 0.207 e. The summed E-state index contributed by atoms with van der Waals surface area (Å²) in [5, 5.41) is 17.9. The maximum absolute atomic E-state index is 9.22. The third-order valence-corrected chi connectivity index (χ3v) is 4.15. The smallest absolute Gasteiger partial charge is 0.207 e. The van der Waals surface area contributed by atoms with Crippen molar-refractivity contribution in [3.63, 3.8) is 0 Å². The lowest BCUT2D eigenvalue weighted by atomic mass is 10.3. The van der Waals surface area contributed by atoms with Crippen molar-refractivity contribution in [1.29, 1.82) is 0 Å². The highest BCUT2D eigenvalue weighted by atomic mass is 35.5. The van der Waals surface area contributed by atoms with Crippen LogP contribution in [0.3, 0.4) is 0 Å². The van der Waals surface area contributed by atoms with E-state index in [2.05, 4.69) is 10.2 Å². The van der Waals surface area contributed by atoms with Crippen LogP contribution in [-0.2, 0) is 5.75 Å². The number of rotatable bonds is 4. The van der Waals surface area contributed by atoms with Crippen LogP contribution >= 0.6 is 34.7 Å². The van der Waals surface area contributed by atoms with Gasteiger partial charge in [0.1, 0.15) is 5.01 Å². The van der Waals surface area contributed by atoms with E-state index in [0.717, 1.165) is 10.8 Å². The minimum Gasteiger partial charge on any atom is -0.392 e. The van der Waals surface area contributed by atoms with E-state index in [0.29, 0.717) is 4.47 Å². The zero-order chi connectivity index (χ0) is 9.84. The van der Waals surface area contributed by atoms with Gasteiger partial charge in [0.15, 0.2) is 0 Å². The maximum atomic E-state index is 9.22. The molecule has 0 saturated carbocycles. The van der Waals surface area contributed by atoms with Crippen molar-refractivity contribution < 1.29 is 5.11 Å². The van der Waals surface area contributed by atoms with Gasteiger partial charge in [0.25, 0.3) is 0 Å². The van der Waals surface area contributed by atoms with Crippen LogP contribution in [0.4, 0.5) is 0 Å². The molecular formula is C7H11ClN2OS2. The summed E-state index contributed by atoms with van der Waals surface area (Å²) in [5.74, 6) is 0.760. The van der Waals surface area contributed by atoms with E-state index in [1.165, 1.54) is 11.3 Å². The Hall–Kier alpha value is 0.160. The molecule has 0 fully saturated rings. The van der Waals surface area contributed by atoms with Gasteiger partial charge in [0.05, 0.1) is 6.10 Å². The topological polar surface area (TPSA) is 46.0 Å². The first-order chi connectivity index (χ1) is 6.09. The summed E-state index contributed by atoms with van der Waals surface area (Å²) in [6.07, 6.45) is -0.298. The number of aliphatic hydroxyl groups is 1. The second-order valence-electron chi connectivity index (χ2n) is 2.71. The van der Waals surface area contributed by atoms with Crippen molar-refractivity contribution in [1.82, 2.24) is 10.2 Å². The Morgan fingerprint density at radius 1 is 1.54 bits per heavy atom. The lowest BCUT2D eigenvalue weighted by Gasteiger charge is -2.12. The van der Waals surface area contributed by atoms with Gasteiger partial charge in [-0.05, 0) is 18.5 Å². The van der Waals surface area contributed by atoms with E-state index < -0.39 is 0 Å². The van der Waals surface area contributed by atoms with E-state index in [9.17, 15) is 5.11 Å². The van der Waals surface area contributed by atoms with Gasteiger partial charge < -0.3 is 5.11 Å². The van der Waals surface area contributed by atoms with Crippen molar-refractivity contribution in [3.05, 3.63) is 9.47 Å².